The highest BCUT2D eigenvalue weighted by atomic mass is 15.1. The van der Waals surface area contributed by atoms with Crippen LogP contribution in [0.15, 0.2) is 24.3 Å². The molecule has 20 heavy (non-hydrogen) atoms. The maximum Gasteiger partial charge on any atom is 0.00106 e. The van der Waals surface area contributed by atoms with Gasteiger partial charge < -0.3 is 10.2 Å². The first kappa shape index (κ1) is 14.1. The normalized spacial score (nSPS) is 23.1. The van der Waals surface area contributed by atoms with E-state index in [1.165, 1.54) is 64.0 Å². The van der Waals surface area contributed by atoms with Crippen LogP contribution in [0.1, 0.15) is 42.7 Å². The number of hydrogen-bond acceptors (Lipinski definition) is 2. The van der Waals surface area contributed by atoms with Crippen LogP contribution in [0, 0.1) is 12.8 Å². The summed E-state index contributed by atoms with van der Waals surface area (Å²) in [5.74, 6) is 1.73. The molecule has 2 aliphatic rings. The van der Waals surface area contributed by atoms with E-state index in [1.807, 2.05) is 0 Å². The van der Waals surface area contributed by atoms with Crippen LogP contribution in [0.25, 0.3) is 0 Å². The smallest absolute Gasteiger partial charge is 0.00106 e. The molecule has 0 spiro atoms. The second-order valence-electron chi connectivity index (χ2n) is 6.62. The van der Waals surface area contributed by atoms with Gasteiger partial charge in [-0.25, -0.2) is 0 Å². The summed E-state index contributed by atoms with van der Waals surface area (Å²) in [5, 5.41) is 3.47. The third-order valence-electron chi connectivity index (χ3n) is 5.19. The van der Waals surface area contributed by atoms with Crippen LogP contribution in [0.4, 0.5) is 0 Å². The minimum Gasteiger partial charge on any atom is -0.317 e. The number of nitrogens with one attached hydrogen (secondary N) is 1. The topological polar surface area (TPSA) is 15.3 Å². The van der Waals surface area contributed by atoms with E-state index in [1.54, 1.807) is 5.56 Å². The first-order chi connectivity index (χ1) is 9.83. The van der Waals surface area contributed by atoms with Gasteiger partial charge in [0, 0.05) is 6.54 Å². The average Bonchev–Trinajstić information content (AvgIpc) is 2.50. The predicted octanol–water partition coefficient (Wildman–Crippen LogP) is 3.17. The van der Waals surface area contributed by atoms with Gasteiger partial charge in [-0.05, 0) is 81.7 Å². The summed E-state index contributed by atoms with van der Waals surface area (Å²) < 4.78 is 0. The number of likely N-dealkylation sites (tertiary alicyclic amines) is 1. The van der Waals surface area contributed by atoms with E-state index in [9.17, 15) is 0 Å². The maximum atomic E-state index is 3.47. The van der Waals surface area contributed by atoms with E-state index in [0.29, 0.717) is 0 Å². The molecule has 0 saturated carbocycles. The van der Waals surface area contributed by atoms with Gasteiger partial charge in [0.1, 0.15) is 0 Å². The summed E-state index contributed by atoms with van der Waals surface area (Å²) in [6.07, 6.45) is 5.43. The van der Waals surface area contributed by atoms with Crippen molar-refractivity contribution in [3.8, 4) is 0 Å². The molecule has 0 aromatic heterocycles. The number of piperidine rings is 2. The minimum absolute atomic E-state index is 0.792. The van der Waals surface area contributed by atoms with Gasteiger partial charge in [0.25, 0.3) is 0 Å². The largest absolute Gasteiger partial charge is 0.317 e. The van der Waals surface area contributed by atoms with Gasteiger partial charge in [-0.1, -0.05) is 24.3 Å². The van der Waals surface area contributed by atoms with Gasteiger partial charge in [-0.2, -0.15) is 0 Å². The van der Waals surface area contributed by atoms with E-state index in [-0.39, 0.29) is 0 Å². The summed E-state index contributed by atoms with van der Waals surface area (Å²) in [4.78, 5) is 2.71. The SMILES string of the molecule is Cc1ccccc1C1CCN(CC2CCNCC2)CC1. The molecule has 2 heterocycles. The molecule has 1 aromatic carbocycles. The van der Waals surface area contributed by atoms with E-state index >= 15 is 0 Å². The minimum atomic E-state index is 0.792. The molecule has 2 fully saturated rings. The fourth-order valence-corrected chi connectivity index (χ4v) is 3.90. The van der Waals surface area contributed by atoms with Gasteiger partial charge in [-0.3, -0.25) is 0 Å². The van der Waals surface area contributed by atoms with Crippen molar-refractivity contribution in [1.82, 2.24) is 10.2 Å². The Balaban J connectivity index is 1.50. The molecule has 0 bridgehead atoms. The lowest BCUT2D eigenvalue weighted by atomic mass is 9.86. The molecule has 2 nitrogen and oxygen atoms in total. The monoisotopic (exact) mass is 272 g/mol. The van der Waals surface area contributed by atoms with Crippen LogP contribution < -0.4 is 5.32 Å². The highest BCUT2D eigenvalue weighted by Crippen LogP contribution is 2.30. The molecular weight excluding hydrogens is 244 g/mol. The van der Waals surface area contributed by atoms with Gasteiger partial charge >= 0.3 is 0 Å². The standard InChI is InChI=1S/C18H28N2/c1-15-4-2-3-5-18(15)17-8-12-20(13-9-17)14-16-6-10-19-11-7-16/h2-5,16-17,19H,6-14H2,1H3. The van der Waals surface area contributed by atoms with E-state index < -0.39 is 0 Å². The number of nitrogens with zero attached hydrogens (tertiary/aromatic N) is 1. The van der Waals surface area contributed by atoms with Gasteiger partial charge in [-0.15, -0.1) is 0 Å². The highest BCUT2D eigenvalue weighted by molar-refractivity contribution is 5.29. The fourth-order valence-electron chi connectivity index (χ4n) is 3.90. The summed E-state index contributed by atoms with van der Waals surface area (Å²) >= 11 is 0. The Kier molecular flexibility index (Phi) is 4.74. The van der Waals surface area contributed by atoms with Crippen LogP contribution in [-0.4, -0.2) is 37.6 Å². The fraction of sp³-hybridized carbons (Fsp3) is 0.667. The summed E-state index contributed by atoms with van der Waals surface area (Å²) in [7, 11) is 0. The molecule has 2 aliphatic heterocycles. The van der Waals surface area contributed by atoms with E-state index in [0.717, 1.165) is 11.8 Å². The molecular formula is C18H28N2. The van der Waals surface area contributed by atoms with Crippen LogP contribution in [-0.2, 0) is 0 Å². The first-order valence-electron chi connectivity index (χ1n) is 8.31. The molecule has 3 rings (SSSR count). The Morgan fingerprint density at radius 3 is 2.45 bits per heavy atom. The molecule has 1 N–H and O–H groups in total. The van der Waals surface area contributed by atoms with Crippen molar-refractivity contribution in [3.05, 3.63) is 35.4 Å². The Bertz CT molecular complexity index is 415. The number of hydrogen-bond donors (Lipinski definition) is 1. The molecule has 110 valence electrons. The van der Waals surface area contributed by atoms with Crippen molar-refractivity contribution in [2.24, 2.45) is 5.92 Å². The van der Waals surface area contributed by atoms with Crippen molar-refractivity contribution in [3.63, 3.8) is 0 Å². The van der Waals surface area contributed by atoms with Crippen molar-refractivity contribution in [2.45, 2.75) is 38.5 Å². The van der Waals surface area contributed by atoms with Crippen LogP contribution in [0.2, 0.25) is 0 Å². The zero-order valence-corrected chi connectivity index (χ0v) is 12.8. The molecule has 2 saturated heterocycles. The summed E-state index contributed by atoms with van der Waals surface area (Å²) in [5.41, 5.74) is 3.07. The molecule has 0 unspecified atom stereocenters. The number of aryl methyl sites for hydroxylation is 1. The maximum absolute atomic E-state index is 3.47. The van der Waals surface area contributed by atoms with Gasteiger partial charge in [0.05, 0.1) is 0 Å². The third-order valence-corrected chi connectivity index (χ3v) is 5.19. The number of benzene rings is 1. The first-order valence-corrected chi connectivity index (χ1v) is 8.31. The quantitative estimate of drug-likeness (QED) is 0.909. The van der Waals surface area contributed by atoms with Crippen molar-refractivity contribution in [2.75, 3.05) is 32.7 Å². The molecule has 1 aromatic rings. The van der Waals surface area contributed by atoms with Crippen molar-refractivity contribution in [1.29, 1.82) is 0 Å². The van der Waals surface area contributed by atoms with Crippen molar-refractivity contribution < 1.29 is 0 Å². The highest BCUT2D eigenvalue weighted by Gasteiger charge is 2.24. The van der Waals surface area contributed by atoms with Crippen LogP contribution in [0.5, 0.6) is 0 Å². The Morgan fingerprint density at radius 2 is 1.75 bits per heavy atom. The second kappa shape index (κ2) is 6.73. The Morgan fingerprint density at radius 1 is 1.05 bits per heavy atom. The zero-order valence-electron chi connectivity index (χ0n) is 12.8. The average molecular weight is 272 g/mol. The molecule has 0 amide bonds. The lowest BCUT2D eigenvalue weighted by Gasteiger charge is -2.36. The lowest BCUT2D eigenvalue weighted by molar-refractivity contribution is 0.167. The predicted molar refractivity (Wildman–Crippen MR) is 85.2 cm³/mol. The van der Waals surface area contributed by atoms with E-state index in [4.69, 9.17) is 0 Å². The summed E-state index contributed by atoms with van der Waals surface area (Å²) in [6.45, 7) is 8.64. The molecule has 2 heteroatoms. The van der Waals surface area contributed by atoms with E-state index in [2.05, 4.69) is 41.4 Å². The lowest BCUT2D eigenvalue weighted by Crippen LogP contribution is -2.39. The van der Waals surface area contributed by atoms with Gasteiger partial charge in [0.2, 0.25) is 0 Å². The second-order valence-corrected chi connectivity index (χ2v) is 6.62. The molecule has 0 radical (unpaired) electrons. The molecule has 0 atom stereocenters. The van der Waals surface area contributed by atoms with Crippen LogP contribution in [0.3, 0.4) is 0 Å². The Hall–Kier alpha value is -0.860. The van der Waals surface area contributed by atoms with Gasteiger partial charge in [0.15, 0.2) is 0 Å². The third kappa shape index (κ3) is 3.42. The summed E-state index contributed by atoms with van der Waals surface area (Å²) in [6, 6.07) is 8.95. The van der Waals surface area contributed by atoms with Crippen LogP contribution >= 0.6 is 0 Å². The van der Waals surface area contributed by atoms with Crippen molar-refractivity contribution >= 4 is 0 Å². The zero-order chi connectivity index (χ0) is 13.8. The Labute approximate surface area is 123 Å². The molecule has 0 aliphatic carbocycles. The number of rotatable bonds is 3.